The van der Waals surface area contributed by atoms with Crippen LogP contribution >= 0.6 is 23.5 Å². The third kappa shape index (κ3) is 33.1. The smallest absolute Gasteiger partial charge is 0.306 e. The Kier molecular flexibility index (Phi) is 38.3. The molecule has 2 unspecified atom stereocenters. The molecule has 6 nitrogen and oxygen atoms in total. The SMILES string of the molecule is CCCCCCC(CSCCCCCCCN(CCCCO)CCCCCCCSCC(CCCCCC)OC(=O)CCC1CCCCC1)OC(=O)CCC1CCCCC1. The number of rotatable bonds is 42. The van der Waals surface area contributed by atoms with E-state index >= 15 is 0 Å². The Balaban J connectivity index is 1.54. The van der Waals surface area contributed by atoms with Gasteiger partial charge in [0.15, 0.2) is 0 Å². The summed E-state index contributed by atoms with van der Waals surface area (Å²) in [5.74, 6) is 5.84. The van der Waals surface area contributed by atoms with Crippen molar-refractivity contribution in [2.75, 3.05) is 49.3 Å². The Morgan fingerprint density at radius 2 is 0.900 bits per heavy atom. The molecule has 2 atom stereocenters. The lowest BCUT2D eigenvalue weighted by atomic mass is 9.86. The van der Waals surface area contributed by atoms with Crippen LogP contribution in [0, 0.1) is 11.8 Å². The minimum Gasteiger partial charge on any atom is -0.461 e. The summed E-state index contributed by atoms with van der Waals surface area (Å²) in [6, 6.07) is 0. The highest BCUT2D eigenvalue weighted by Gasteiger charge is 2.20. The van der Waals surface area contributed by atoms with Crippen LogP contribution < -0.4 is 0 Å². The highest BCUT2D eigenvalue weighted by atomic mass is 32.2. The van der Waals surface area contributed by atoms with Gasteiger partial charge in [0.05, 0.1) is 0 Å². The van der Waals surface area contributed by atoms with Crippen LogP contribution in [0.2, 0.25) is 0 Å². The van der Waals surface area contributed by atoms with E-state index in [1.54, 1.807) is 0 Å². The second kappa shape index (κ2) is 41.3. The van der Waals surface area contributed by atoms with Gasteiger partial charge in [0, 0.05) is 31.0 Å². The summed E-state index contributed by atoms with van der Waals surface area (Å²) in [4.78, 5) is 28.1. The fraction of sp³-hybridized carbons (Fsp3) is 0.962. The number of aliphatic hydroxyl groups excluding tert-OH is 1. The normalized spacial score (nSPS) is 16.3. The van der Waals surface area contributed by atoms with Crippen molar-refractivity contribution in [1.82, 2.24) is 4.90 Å². The first-order valence-corrected chi connectivity index (χ1v) is 28.7. The zero-order chi connectivity index (χ0) is 43.0. The molecule has 0 aromatic carbocycles. The van der Waals surface area contributed by atoms with Gasteiger partial charge in [-0.2, -0.15) is 23.5 Å². The maximum Gasteiger partial charge on any atom is 0.306 e. The molecule has 0 bridgehead atoms. The van der Waals surface area contributed by atoms with E-state index in [4.69, 9.17) is 9.47 Å². The second-order valence-electron chi connectivity index (χ2n) is 19.0. The average Bonchev–Trinajstić information content (AvgIpc) is 3.26. The van der Waals surface area contributed by atoms with E-state index in [0.29, 0.717) is 19.4 Å². The number of thioether (sulfide) groups is 2. The Morgan fingerprint density at radius 3 is 1.32 bits per heavy atom. The molecule has 0 aromatic rings. The van der Waals surface area contributed by atoms with Crippen molar-refractivity contribution >= 4 is 35.5 Å². The van der Waals surface area contributed by atoms with Gasteiger partial charge in [-0.15, -0.1) is 0 Å². The zero-order valence-corrected chi connectivity index (χ0v) is 41.4. The third-order valence-corrected chi connectivity index (χ3v) is 15.7. The van der Waals surface area contributed by atoms with Crippen LogP contribution in [0.4, 0.5) is 0 Å². The highest BCUT2D eigenvalue weighted by molar-refractivity contribution is 7.99. The number of nitrogens with zero attached hydrogens (tertiary/aromatic N) is 1. The maximum atomic E-state index is 12.7. The van der Waals surface area contributed by atoms with Gasteiger partial charge in [0.25, 0.3) is 0 Å². The van der Waals surface area contributed by atoms with Gasteiger partial charge in [-0.1, -0.05) is 155 Å². The monoisotopic (exact) mass is 882 g/mol. The van der Waals surface area contributed by atoms with Gasteiger partial charge < -0.3 is 19.5 Å². The molecule has 2 fully saturated rings. The van der Waals surface area contributed by atoms with E-state index in [9.17, 15) is 14.7 Å². The predicted octanol–water partition coefficient (Wildman–Crippen LogP) is 14.9. The molecule has 0 spiro atoms. The van der Waals surface area contributed by atoms with Crippen molar-refractivity contribution in [1.29, 1.82) is 0 Å². The molecule has 0 aliphatic heterocycles. The lowest BCUT2D eigenvalue weighted by Gasteiger charge is -2.22. The quantitative estimate of drug-likeness (QED) is 0.0480. The summed E-state index contributed by atoms with van der Waals surface area (Å²) >= 11 is 4.00. The van der Waals surface area contributed by atoms with Gasteiger partial charge >= 0.3 is 11.9 Å². The van der Waals surface area contributed by atoms with Gasteiger partial charge in [-0.3, -0.25) is 9.59 Å². The molecule has 0 aromatic heterocycles. The van der Waals surface area contributed by atoms with Crippen LogP contribution in [0.5, 0.6) is 0 Å². The van der Waals surface area contributed by atoms with Crippen LogP contribution in [0.1, 0.15) is 245 Å². The van der Waals surface area contributed by atoms with Crippen LogP contribution in [-0.4, -0.2) is 83.4 Å². The van der Waals surface area contributed by atoms with Crippen LogP contribution in [0.3, 0.4) is 0 Å². The van der Waals surface area contributed by atoms with Crippen molar-refractivity contribution in [2.45, 2.75) is 257 Å². The van der Waals surface area contributed by atoms with Gasteiger partial charge in [0.1, 0.15) is 12.2 Å². The molecular weight excluding hydrogens is 783 g/mol. The number of unbranched alkanes of at least 4 members (excludes halogenated alkanes) is 15. The van der Waals surface area contributed by atoms with E-state index in [1.807, 2.05) is 23.5 Å². The molecule has 0 amide bonds. The maximum absolute atomic E-state index is 12.7. The minimum atomic E-state index is 0.0472. The summed E-state index contributed by atoms with van der Waals surface area (Å²) in [6.07, 6.45) is 43.6. The van der Waals surface area contributed by atoms with E-state index in [0.717, 1.165) is 68.4 Å². The number of carbonyl (C=O) groups is 2. The number of ether oxygens (including phenoxy) is 2. The van der Waals surface area contributed by atoms with E-state index in [2.05, 4.69) is 18.7 Å². The summed E-state index contributed by atoms with van der Waals surface area (Å²) < 4.78 is 12.1. The van der Waals surface area contributed by atoms with Crippen molar-refractivity contribution in [3.05, 3.63) is 0 Å². The first-order chi connectivity index (χ1) is 29.5. The largest absolute Gasteiger partial charge is 0.461 e. The fourth-order valence-corrected chi connectivity index (χ4v) is 11.5. The molecule has 2 rings (SSSR count). The van der Waals surface area contributed by atoms with E-state index < -0.39 is 0 Å². The van der Waals surface area contributed by atoms with Crippen molar-refractivity contribution in [2.24, 2.45) is 11.8 Å². The molecular formula is C52H99NO5S2. The fourth-order valence-electron chi connectivity index (χ4n) is 9.39. The summed E-state index contributed by atoms with van der Waals surface area (Å²) in [5.41, 5.74) is 0. The summed E-state index contributed by atoms with van der Waals surface area (Å²) in [6.45, 7) is 8.30. The standard InChI is InChI=1S/C52H99NO5S2/c1-3-5-7-21-33-49(57-51(55)37-35-47-29-17-15-18-30-47)45-59-43-27-13-9-11-23-39-53(41-25-26-42-54)40-24-12-10-14-28-44-60-46-50(34-22-8-6-4-2)58-52(56)38-36-48-31-19-16-20-32-48/h47-50,54H,3-46H2,1-2H3. The molecule has 2 saturated carbocycles. The van der Waals surface area contributed by atoms with E-state index in [1.165, 1.54) is 204 Å². The van der Waals surface area contributed by atoms with Crippen LogP contribution in [0.15, 0.2) is 0 Å². The number of hydrogen-bond acceptors (Lipinski definition) is 8. The molecule has 1 N–H and O–H groups in total. The predicted molar refractivity (Wildman–Crippen MR) is 262 cm³/mol. The second-order valence-corrected chi connectivity index (χ2v) is 21.3. The molecule has 354 valence electrons. The summed E-state index contributed by atoms with van der Waals surface area (Å²) in [7, 11) is 0. The molecule has 0 radical (unpaired) electrons. The zero-order valence-electron chi connectivity index (χ0n) is 39.8. The highest BCUT2D eigenvalue weighted by Crippen LogP contribution is 2.29. The minimum absolute atomic E-state index is 0.0472. The van der Waals surface area contributed by atoms with Crippen molar-refractivity contribution in [3.8, 4) is 0 Å². The van der Waals surface area contributed by atoms with Crippen LogP contribution in [-0.2, 0) is 19.1 Å². The Morgan fingerprint density at radius 1 is 0.517 bits per heavy atom. The Labute approximate surface area is 381 Å². The van der Waals surface area contributed by atoms with Gasteiger partial charge in [0.2, 0.25) is 0 Å². The summed E-state index contributed by atoms with van der Waals surface area (Å²) in [5, 5.41) is 9.37. The molecule has 2 aliphatic carbocycles. The van der Waals surface area contributed by atoms with Crippen molar-refractivity contribution < 1.29 is 24.2 Å². The first-order valence-electron chi connectivity index (χ1n) is 26.4. The van der Waals surface area contributed by atoms with Crippen LogP contribution in [0.25, 0.3) is 0 Å². The molecule has 0 heterocycles. The number of hydrogen-bond donors (Lipinski definition) is 1. The molecule has 0 saturated heterocycles. The topological polar surface area (TPSA) is 76.1 Å². The molecule has 60 heavy (non-hydrogen) atoms. The van der Waals surface area contributed by atoms with Crippen molar-refractivity contribution in [3.63, 3.8) is 0 Å². The lowest BCUT2D eigenvalue weighted by Crippen LogP contribution is -2.27. The third-order valence-electron chi connectivity index (χ3n) is 13.3. The number of carbonyl (C=O) groups excluding carboxylic acids is 2. The average molecular weight is 882 g/mol. The lowest BCUT2D eigenvalue weighted by molar-refractivity contribution is -0.149. The molecule has 8 heteroatoms. The van der Waals surface area contributed by atoms with Gasteiger partial charge in [-0.05, 0) is 120 Å². The molecule has 2 aliphatic rings. The Bertz CT molecular complexity index is 889. The van der Waals surface area contributed by atoms with E-state index in [-0.39, 0.29) is 24.1 Å². The number of aliphatic hydroxyl groups is 1. The first kappa shape index (κ1) is 55.7. The Hall–Kier alpha value is -0.440. The van der Waals surface area contributed by atoms with Gasteiger partial charge in [-0.25, -0.2) is 0 Å². The number of esters is 2.